The maximum absolute atomic E-state index is 12.1. The standard InChI is InChI=1S/C27H32N2O5/c1-18(2)33-24(30)10-9-20-16-22-19(3)15-25(31)34-27(22)23(26(20)32)17-28-11-13-29(14-12-28)21-7-5-4-6-8-21/h4-8,15-16,18,32H,9-14,17H2,1-3H3. The van der Waals surface area contributed by atoms with E-state index in [1.807, 2.05) is 45.0 Å². The quantitative estimate of drug-likeness (QED) is 0.418. The number of ether oxygens (including phenoxy) is 1. The number of fused-ring (bicyclic) bond motifs is 1. The Kier molecular flexibility index (Phi) is 7.22. The summed E-state index contributed by atoms with van der Waals surface area (Å²) >= 11 is 0. The van der Waals surface area contributed by atoms with E-state index in [0.717, 1.165) is 37.1 Å². The number of aromatic hydroxyl groups is 1. The summed E-state index contributed by atoms with van der Waals surface area (Å²) < 4.78 is 10.8. The number of hydrogen-bond donors (Lipinski definition) is 1. The molecular weight excluding hydrogens is 432 g/mol. The number of rotatable bonds is 7. The van der Waals surface area contributed by atoms with Gasteiger partial charge in [-0.1, -0.05) is 18.2 Å². The summed E-state index contributed by atoms with van der Waals surface area (Å²) in [5.74, 6) is -0.214. The van der Waals surface area contributed by atoms with E-state index in [4.69, 9.17) is 9.15 Å². The van der Waals surface area contributed by atoms with Crippen molar-refractivity contribution in [3.8, 4) is 5.75 Å². The molecular formula is C27H32N2O5. The van der Waals surface area contributed by atoms with Gasteiger partial charge in [0.2, 0.25) is 0 Å². The highest BCUT2D eigenvalue weighted by Crippen LogP contribution is 2.34. The van der Waals surface area contributed by atoms with Gasteiger partial charge in [0.25, 0.3) is 0 Å². The molecule has 7 nitrogen and oxygen atoms in total. The number of benzene rings is 2. The molecule has 0 atom stereocenters. The van der Waals surface area contributed by atoms with Crippen molar-refractivity contribution in [2.75, 3.05) is 31.1 Å². The Morgan fingerprint density at radius 1 is 1.12 bits per heavy atom. The van der Waals surface area contributed by atoms with Crippen LogP contribution in [-0.2, 0) is 22.5 Å². The molecule has 7 heteroatoms. The fraction of sp³-hybridized carbons (Fsp3) is 0.407. The minimum Gasteiger partial charge on any atom is -0.507 e. The highest BCUT2D eigenvalue weighted by Gasteiger charge is 2.23. The molecule has 3 aromatic rings. The molecule has 1 aliphatic heterocycles. The summed E-state index contributed by atoms with van der Waals surface area (Å²) in [6.07, 6.45) is 0.336. The Morgan fingerprint density at radius 3 is 2.50 bits per heavy atom. The maximum atomic E-state index is 12.1. The first-order valence-corrected chi connectivity index (χ1v) is 11.8. The van der Waals surface area contributed by atoms with Crippen molar-refractivity contribution in [1.29, 1.82) is 0 Å². The molecule has 2 aromatic carbocycles. The van der Waals surface area contributed by atoms with Gasteiger partial charge in [-0.15, -0.1) is 0 Å². The van der Waals surface area contributed by atoms with Gasteiger partial charge < -0.3 is 19.2 Å². The van der Waals surface area contributed by atoms with Gasteiger partial charge in [-0.05, 0) is 56.5 Å². The van der Waals surface area contributed by atoms with Crippen molar-refractivity contribution in [3.05, 3.63) is 69.6 Å². The fourth-order valence-electron chi connectivity index (χ4n) is 4.49. The first kappa shape index (κ1) is 23.8. The zero-order valence-corrected chi connectivity index (χ0v) is 20.0. The van der Waals surface area contributed by atoms with Crippen molar-refractivity contribution < 1.29 is 19.1 Å². The lowest BCUT2D eigenvalue weighted by atomic mass is 9.98. The number of carbonyl (C=O) groups is 1. The van der Waals surface area contributed by atoms with Crippen LogP contribution in [0.15, 0.2) is 51.7 Å². The van der Waals surface area contributed by atoms with Gasteiger partial charge in [-0.3, -0.25) is 9.69 Å². The molecule has 0 bridgehead atoms. The monoisotopic (exact) mass is 464 g/mol. The number of esters is 1. The largest absolute Gasteiger partial charge is 0.507 e. The average Bonchev–Trinajstić information content (AvgIpc) is 2.81. The number of carbonyl (C=O) groups excluding carboxylic acids is 1. The van der Waals surface area contributed by atoms with Gasteiger partial charge in [-0.2, -0.15) is 0 Å². The lowest BCUT2D eigenvalue weighted by Crippen LogP contribution is -2.46. The lowest BCUT2D eigenvalue weighted by molar-refractivity contribution is -0.147. The Morgan fingerprint density at radius 2 is 1.82 bits per heavy atom. The van der Waals surface area contributed by atoms with Crippen LogP contribution in [-0.4, -0.2) is 48.3 Å². The first-order valence-electron chi connectivity index (χ1n) is 11.8. The van der Waals surface area contributed by atoms with Gasteiger partial charge in [0, 0.05) is 56.3 Å². The van der Waals surface area contributed by atoms with E-state index in [1.165, 1.54) is 11.8 Å². The van der Waals surface area contributed by atoms with Crippen molar-refractivity contribution >= 4 is 22.6 Å². The van der Waals surface area contributed by atoms with Crippen LogP contribution >= 0.6 is 0 Å². The number of hydrogen-bond acceptors (Lipinski definition) is 7. The van der Waals surface area contributed by atoms with Crippen molar-refractivity contribution in [3.63, 3.8) is 0 Å². The average molecular weight is 465 g/mol. The molecule has 34 heavy (non-hydrogen) atoms. The number of para-hydroxylation sites is 1. The second-order valence-corrected chi connectivity index (χ2v) is 9.13. The molecule has 0 radical (unpaired) electrons. The second-order valence-electron chi connectivity index (χ2n) is 9.13. The minimum absolute atomic E-state index is 0.0871. The van der Waals surface area contributed by atoms with Gasteiger partial charge in [0.05, 0.1) is 11.7 Å². The molecule has 0 aliphatic carbocycles. The Bertz CT molecular complexity index is 1210. The number of phenols is 1. The van der Waals surface area contributed by atoms with Crippen LogP contribution in [0, 0.1) is 6.92 Å². The molecule has 0 saturated carbocycles. The molecule has 1 saturated heterocycles. The van der Waals surface area contributed by atoms with Crippen molar-refractivity contribution in [2.45, 2.75) is 46.3 Å². The zero-order valence-electron chi connectivity index (χ0n) is 20.0. The molecule has 1 N–H and O–H groups in total. The summed E-state index contributed by atoms with van der Waals surface area (Å²) in [6, 6.07) is 13.6. The number of phenolic OH excluding ortho intramolecular Hbond substituents is 1. The van der Waals surface area contributed by atoms with E-state index in [9.17, 15) is 14.7 Å². The van der Waals surface area contributed by atoms with Gasteiger partial charge in [-0.25, -0.2) is 4.79 Å². The van der Waals surface area contributed by atoms with Crippen LogP contribution in [0.5, 0.6) is 5.75 Å². The number of piperazine rings is 1. The third kappa shape index (κ3) is 5.42. The fourth-order valence-corrected chi connectivity index (χ4v) is 4.49. The van der Waals surface area contributed by atoms with E-state index in [0.29, 0.717) is 29.7 Å². The second kappa shape index (κ2) is 10.3. The Hall–Kier alpha value is -3.32. The number of nitrogens with zero attached hydrogens (tertiary/aromatic N) is 2. The summed E-state index contributed by atoms with van der Waals surface area (Å²) in [5, 5.41) is 12.0. The van der Waals surface area contributed by atoms with Crippen LogP contribution in [0.2, 0.25) is 0 Å². The van der Waals surface area contributed by atoms with E-state index >= 15 is 0 Å². The van der Waals surface area contributed by atoms with Crippen LogP contribution < -0.4 is 10.5 Å². The van der Waals surface area contributed by atoms with Gasteiger partial charge in [0.15, 0.2) is 0 Å². The smallest absolute Gasteiger partial charge is 0.336 e. The van der Waals surface area contributed by atoms with E-state index in [2.05, 4.69) is 21.9 Å². The molecule has 0 unspecified atom stereocenters. The minimum atomic E-state index is -0.437. The molecule has 1 aromatic heterocycles. The number of anilines is 1. The first-order chi connectivity index (χ1) is 16.3. The summed E-state index contributed by atoms with van der Waals surface area (Å²) in [6.45, 7) is 9.31. The molecule has 180 valence electrons. The topological polar surface area (TPSA) is 83.2 Å². The molecule has 1 fully saturated rings. The Balaban J connectivity index is 1.58. The third-order valence-electron chi connectivity index (χ3n) is 6.23. The summed E-state index contributed by atoms with van der Waals surface area (Å²) in [5.41, 5.74) is 3.22. The summed E-state index contributed by atoms with van der Waals surface area (Å²) in [4.78, 5) is 28.8. The molecule has 0 amide bonds. The van der Waals surface area contributed by atoms with Crippen molar-refractivity contribution in [1.82, 2.24) is 4.90 Å². The highest BCUT2D eigenvalue weighted by molar-refractivity contribution is 5.86. The van der Waals surface area contributed by atoms with Gasteiger partial charge >= 0.3 is 11.6 Å². The maximum Gasteiger partial charge on any atom is 0.336 e. The molecule has 0 spiro atoms. The van der Waals surface area contributed by atoms with Gasteiger partial charge in [0.1, 0.15) is 11.3 Å². The highest BCUT2D eigenvalue weighted by atomic mass is 16.5. The predicted octanol–water partition coefficient (Wildman–Crippen LogP) is 4.01. The lowest BCUT2D eigenvalue weighted by Gasteiger charge is -2.36. The molecule has 1 aliphatic rings. The number of aryl methyl sites for hydroxylation is 2. The van der Waals surface area contributed by atoms with E-state index < -0.39 is 5.63 Å². The SMILES string of the molecule is Cc1cc(=O)oc2c(CN3CCN(c4ccccc4)CC3)c(O)c(CCC(=O)OC(C)C)cc12. The van der Waals surface area contributed by atoms with Crippen LogP contribution in [0.25, 0.3) is 11.0 Å². The van der Waals surface area contributed by atoms with Crippen molar-refractivity contribution in [2.24, 2.45) is 0 Å². The Labute approximate surface area is 199 Å². The third-order valence-corrected chi connectivity index (χ3v) is 6.23. The molecule has 2 heterocycles. The van der Waals surface area contributed by atoms with E-state index in [1.54, 1.807) is 0 Å². The molecule has 4 rings (SSSR count). The summed E-state index contributed by atoms with van der Waals surface area (Å²) in [7, 11) is 0. The normalized spacial score (nSPS) is 14.6. The van der Waals surface area contributed by atoms with Crippen LogP contribution in [0.3, 0.4) is 0 Å². The van der Waals surface area contributed by atoms with Crippen LogP contribution in [0.1, 0.15) is 37.0 Å². The zero-order chi connectivity index (χ0) is 24.2. The van der Waals surface area contributed by atoms with Crippen LogP contribution in [0.4, 0.5) is 5.69 Å². The predicted molar refractivity (Wildman–Crippen MR) is 132 cm³/mol. The van der Waals surface area contributed by atoms with E-state index in [-0.39, 0.29) is 24.2 Å².